The lowest BCUT2D eigenvalue weighted by Crippen LogP contribution is -2.24. The van der Waals surface area contributed by atoms with Crippen molar-refractivity contribution in [1.29, 1.82) is 0 Å². The van der Waals surface area contributed by atoms with E-state index in [1.165, 1.54) is 0 Å². The van der Waals surface area contributed by atoms with Crippen molar-refractivity contribution in [3.8, 4) is 0 Å². The van der Waals surface area contributed by atoms with Crippen molar-refractivity contribution in [2.24, 2.45) is 0 Å². The largest absolute Gasteiger partial charge is 0.397 e. The van der Waals surface area contributed by atoms with Crippen molar-refractivity contribution in [3.05, 3.63) is 0 Å². The van der Waals surface area contributed by atoms with Crippen LogP contribution in [0, 0.1) is 0 Å². The third-order valence-corrected chi connectivity index (χ3v) is 3.67. The van der Waals surface area contributed by atoms with Gasteiger partial charge < -0.3 is 0 Å². The van der Waals surface area contributed by atoms with E-state index in [4.69, 9.17) is 13.7 Å². The summed E-state index contributed by atoms with van der Waals surface area (Å²) in [6.45, 7) is 0. The van der Waals surface area contributed by atoms with Crippen LogP contribution in [-0.2, 0) is 34.8 Å². The summed E-state index contributed by atoms with van der Waals surface area (Å²) in [5.74, 6) is -1.78. The zero-order chi connectivity index (χ0) is 14.6. The highest BCUT2D eigenvalue weighted by molar-refractivity contribution is 7.86. The second-order valence-corrected chi connectivity index (χ2v) is 7.49. The Morgan fingerprint density at radius 1 is 0.778 bits per heavy atom. The molecule has 0 aliphatic heterocycles. The number of hydrogen-bond acceptors (Lipinski definition) is 7. The zero-order valence-electron chi connectivity index (χ0n) is 8.83. The van der Waals surface area contributed by atoms with Crippen molar-refractivity contribution >= 4 is 30.6 Å². The average Bonchev–Trinajstić information content (AvgIpc) is 2.05. The van der Waals surface area contributed by atoms with E-state index >= 15 is 0 Å². The molecule has 0 fully saturated rings. The molecule has 110 valence electrons. The third kappa shape index (κ3) is 12.2. The lowest BCUT2D eigenvalue weighted by molar-refractivity contribution is 0.173. The van der Waals surface area contributed by atoms with Crippen LogP contribution in [0.2, 0.25) is 0 Å². The molecule has 0 bridgehead atoms. The average molecular weight is 328 g/mol. The van der Waals surface area contributed by atoms with Gasteiger partial charge in [0.15, 0.2) is 0 Å². The van der Waals surface area contributed by atoms with Crippen LogP contribution in [0.15, 0.2) is 0 Å². The smallest absolute Gasteiger partial charge is 0.286 e. The van der Waals surface area contributed by atoms with Crippen LogP contribution >= 0.6 is 0 Å². The van der Waals surface area contributed by atoms with E-state index in [1.54, 1.807) is 0 Å². The molecule has 0 saturated carbocycles. The second kappa shape index (κ2) is 6.23. The molecule has 0 saturated heterocycles. The summed E-state index contributed by atoms with van der Waals surface area (Å²) in [6.07, 6.45) is -2.66. The Bertz CT molecular complexity index is 519. The maximum atomic E-state index is 10.4. The van der Waals surface area contributed by atoms with Gasteiger partial charge in [0.1, 0.15) is 0 Å². The van der Waals surface area contributed by atoms with Gasteiger partial charge in [-0.25, -0.2) is 4.18 Å². The molecule has 18 heavy (non-hydrogen) atoms. The first kappa shape index (κ1) is 17.7. The Kier molecular flexibility index (Phi) is 6.12. The van der Waals surface area contributed by atoms with Gasteiger partial charge in [-0.1, -0.05) is 0 Å². The third-order valence-electron chi connectivity index (χ3n) is 1.65. The summed E-state index contributed by atoms with van der Waals surface area (Å²) in [4.78, 5) is 0. The van der Waals surface area contributed by atoms with E-state index in [1.807, 2.05) is 0 Å². The van der Waals surface area contributed by atoms with Crippen molar-refractivity contribution < 1.29 is 43.1 Å². The summed E-state index contributed by atoms with van der Waals surface area (Å²) in [7, 11) is -13.7. The monoisotopic (exact) mass is 328 g/mol. The van der Waals surface area contributed by atoms with Gasteiger partial charge in [-0.3, -0.25) is 13.7 Å². The first-order chi connectivity index (χ1) is 7.79. The maximum absolute atomic E-state index is 10.4. The molecule has 0 amide bonds. The predicted octanol–water partition coefficient (Wildman–Crippen LogP) is -1.27. The Balaban J connectivity index is 4.63. The Morgan fingerprint density at radius 2 is 1.11 bits per heavy atom. The summed E-state index contributed by atoms with van der Waals surface area (Å²) in [5, 5.41) is 0. The summed E-state index contributed by atoms with van der Waals surface area (Å²) in [5.41, 5.74) is 0. The molecular weight excluding hydrogens is 316 g/mol. The van der Waals surface area contributed by atoms with Crippen LogP contribution in [0.5, 0.6) is 0 Å². The van der Waals surface area contributed by atoms with Gasteiger partial charge in [-0.05, 0) is 12.8 Å². The van der Waals surface area contributed by atoms with Gasteiger partial charge in [0, 0.05) is 0 Å². The molecule has 0 rings (SSSR count). The van der Waals surface area contributed by atoms with E-state index in [-0.39, 0.29) is 0 Å². The topological polar surface area (TPSA) is 172 Å². The molecule has 0 spiro atoms. The number of rotatable bonds is 8. The minimum Gasteiger partial charge on any atom is -0.286 e. The van der Waals surface area contributed by atoms with Gasteiger partial charge in [0.05, 0.1) is 17.6 Å². The molecule has 0 aromatic rings. The fraction of sp³-hybridized carbons (Fsp3) is 1.00. The van der Waals surface area contributed by atoms with Gasteiger partial charge >= 0.3 is 10.4 Å². The fourth-order valence-electron chi connectivity index (χ4n) is 0.973. The normalized spacial score (nSPS) is 14.0. The quantitative estimate of drug-likeness (QED) is 0.456. The minimum absolute atomic E-state index is 0.575. The summed E-state index contributed by atoms with van der Waals surface area (Å²) in [6, 6.07) is 0. The van der Waals surface area contributed by atoms with Crippen LogP contribution in [0.3, 0.4) is 0 Å². The molecule has 0 unspecified atom stereocenters. The highest BCUT2D eigenvalue weighted by atomic mass is 32.3. The van der Waals surface area contributed by atoms with Crippen molar-refractivity contribution in [1.82, 2.24) is 0 Å². The van der Waals surface area contributed by atoms with Crippen LogP contribution in [0.4, 0.5) is 0 Å². The minimum atomic E-state index is -4.91. The van der Waals surface area contributed by atoms with Gasteiger partial charge in [-0.2, -0.15) is 25.3 Å². The molecule has 0 heterocycles. The summed E-state index contributed by atoms with van der Waals surface area (Å²) >= 11 is 0. The molecule has 0 aliphatic carbocycles. The van der Waals surface area contributed by atoms with Gasteiger partial charge in [-0.15, -0.1) is 0 Å². The molecule has 0 aromatic heterocycles. The second-order valence-electron chi connectivity index (χ2n) is 3.30. The molecule has 0 atom stereocenters. The molecule has 3 N–H and O–H groups in total. The number of hydrogen-bond donors (Lipinski definition) is 3. The molecule has 0 aromatic carbocycles. The van der Waals surface area contributed by atoms with Gasteiger partial charge in [0.2, 0.25) is 0 Å². The SMILES string of the molecule is O=S(=O)(O)CCC(CCS(=O)(=O)O)OS(=O)(=O)O. The Morgan fingerprint density at radius 3 is 1.33 bits per heavy atom. The fourth-order valence-corrected chi connectivity index (χ4v) is 2.63. The first-order valence-corrected chi connectivity index (χ1v) is 8.93. The molecule has 10 nitrogen and oxygen atoms in total. The van der Waals surface area contributed by atoms with Crippen LogP contribution in [0.25, 0.3) is 0 Å². The van der Waals surface area contributed by atoms with E-state index < -0.39 is 61.1 Å². The molecular formula is C5H12O10S3. The Labute approximate surface area is 104 Å². The van der Waals surface area contributed by atoms with E-state index in [2.05, 4.69) is 4.18 Å². The van der Waals surface area contributed by atoms with Crippen LogP contribution < -0.4 is 0 Å². The highest BCUT2D eigenvalue weighted by Gasteiger charge is 2.21. The maximum Gasteiger partial charge on any atom is 0.397 e. The van der Waals surface area contributed by atoms with Crippen molar-refractivity contribution in [3.63, 3.8) is 0 Å². The lowest BCUT2D eigenvalue weighted by Gasteiger charge is -2.13. The highest BCUT2D eigenvalue weighted by Crippen LogP contribution is 2.10. The first-order valence-electron chi connectivity index (χ1n) is 4.34. The predicted molar refractivity (Wildman–Crippen MR) is 58.5 cm³/mol. The van der Waals surface area contributed by atoms with Crippen molar-refractivity contribution in [2.75, 3.05) is 11.5 Å². The standard InChI is InChI=1S/C5H12O10S3/c6-16(7,8)3-1-5(15-18(12,13)14)2-4-17(9,10)11/h5H,1-4H2,(H,6,7,8)(H,9,10,11)(H,12,13,14). The van der Waals surface area contributed by atoms with Crippen LogP contribution in [0.1, 0.15) is 12.8 Å². The zero-order valence-corrected chi connectivity index (χ0v) is 11.3. The molecule has 0 aliphatic rings. The molecule has 13 heteroatoms. The van der Waals surface area contributed by atoms with Crippen LogP contribution in [-0.4, -0.2) is 56.5 Å². The van der Waals surface area contributed by atoms with Crippen molar-refractivity contribution in [2.45, 2.75) is 18.9 Å². The van der Waals surface area contributed by atoms with E-state index in [0.717, 1.165) is 0 Å². The molecule has 0 radical (unpaired) electrons. The lowest BCUT2D eigenvalue weighted by atomic mass is 10.2. The van der Waals surface area contributed by atoms with Gasteiger partial charge in [0.25, 0.3) is 20.2 Å². The Hall–Kier alpha value is -0.310. The van der Waals surface area contributed by atoms with E-state index in [0.29, 0.717) is 0 Å². The van der Waals surface area contributed by atoms with E-state index in [9.17, 15) is 25.3 Å². The summed E-state index contributed by atoms with van der Waals surface area (Å²) < 4.78 is 91.7.